The number of nitrogens with zero attached hydrogens (tertiary/aromatic N) is 4. The quantitative estimate of drug-likeness (QED) is 0.772. The van der Waals surface area contributed by atoms with Crippen LogP contribution in [0.25, 0.3) is 0 Å². The molecule has 7 heteroatoms. The van der Waals surface area contributed by atoms with Gasteiger partial charge < -0.3 is 24.2 Å². The third-order valence-corrected chi connectivity index (χ3v) is 5.91. The number of likely N-dealkylation sites (tertiary alicyclic amines) is 1. The molecule has 1 aromatic rings. The van der Waals surface area contributed by atoms with Gasteiger partial charge in [0.1, 0.15) is 5.82 Å². The molecule has 0 N–H and O–H groups in total. The summed E-state index contributed by atoms with van der Waals surface area (Å²) in [4.78, 5) is 23.7. The highest BCUT2D eigenvalue weighted by Gasteiger charge is 2.30. The highest BCUT2D eigenvalue weighted by atomic mass is 16.7. The number of carbonyl (C=O) groups is 1. The molecule has 0 saturated carbocycles. The van der Waals surface area contributed by atoms with Crippen molar-refractivity contribution < 1.29 is 14.3 Å². The normalized spacial score (nSPS) is 23.1. The summed E-state index contributed by atoms with van der Waals surface area (Å²) in [6.45, 7) is 7.67. The maximum atomic E-state index is 12.6. The average Bonchev–Trinajstić information content (AvgIpc) is 3.28. The van der Waals surface area contributed by atoms with E-state index < -0.39 is 0 Å². The Bertz CT molecular complexity index is 593. The van der Waals surface area contributed by atoms with Gasteiger partial charge in [-0.1, -0.05) is 6.07 Å². The lowest BCUT2D eigenvalue weighted by Crippen LogP contribution is -2.49. The van der Waals surface area contributed by atoms with Crippen LogP contribution in [0, 0.1) is 5.92 Å². The first-order valence-corrected chi connectivity index (χ1v) is 10.2. The topological polar surface area (TPSA) is 58.1 Å². The van der Waals surface area contributed by atoms with E-state index in [9.17, 15) is 4.79 Å². The summed E-state index contributed by atoms with van der Waals surface area (Å²) in [6.07, 6.45) is 4.64. The van der Waals surface area contributed by atoms with Crippen molar-refractivity contribution in [1.82, 2.24) is 14.8 Å². The van der Waals surface area contributed by atoms with E-state index in [1.807, 2.05) is 29.3 Å². The summed E-state index contributed by atoms with van der Waals surface area (Å²) in [7, 11) is 0. The van der Waals surface area contributed by atoms with E-state index in [1.165, 1.54) is 0 Å². The molecule has 148 valence electrons. The van der Waals surface area contributed by atoms with Gasteiger partial charge in [-0.15, -0.1) is 0 Å². The van der Waals surface area contributed by atoms with Crippen molar-refractivity contribution in [2.45, 2.75) is 25.6 Å². The molecule has 27 heavy (non-hydrogen) atoms. The fourth-order valence-electron chi connectivity index (χ4n) is 4.24. The van der Waals surface area contributed by atoms with Crippen LogP contribution in [-0.4, -0.2) is 86.0 Å². The van der Waals surface area contributed by atoms with Crippen LogP contribution < -0.4 is 4.90 Å². The Kier molecular flexibility index (Phi) is 6.21. The smallest absolute Gasteiger partial charge is 0.223 e. The predicted octanol–water partition coefficient (Wildman–Crippen LogP) is 1.21. The van der Waals surface area contributed by atoms with Crippen molar-refractivity contribution in [3.63, 3.8) is 0 Å². The number of hydrogen-bond acceptors (Lipinski definition) is 6. The minimum absolute atomic E-state index is 0.00387. The van der Waals surface area contributed by atoms with Gasteiger partial charge in [-0.25, -0.2) is 4.98 Å². The average molecular weight is 374 g/mol. The summed E-state index contributed by atoms with van der Waals surface area (Å²) < 4.78 is 11.3. The number of anilines is 1. The van der Waals surface area contributed by atoms with Crippen LogP contribution >= 0.6 is 0 Å². The molecule has 0 atom stereocenters. The van der Waals surface area contributed by atoms with Crippen LogP contribution in [0.5, 0.6) is 0 Å². The van der Waals surface area contributed by atoms with Gasteiger partial charge in [-0.3, -0.25) is 4.79 Å². The van der Waals surface area contributed by atoms with Crippen molar-refractivity contribution in [3.8, 4) is 0 Å². The van der Waals surface area contributed by atoms with Crippen LogP contribution in [0.1, 0.15) is 19.3 Å². The summed E-state index contributed by atoms with van der Waals surface area (Å²) in [5.41, 5.74) is 0. The lowest BCUT2D eigenvalue weighted by molar-refractivity contribution is -0.132. The first-order valence-electron chi connectivity index (χ1n) is 10.2. The lowest BCUT2D eigenvalue weighted by Gasteiger charge is -2.36. The molecular formula is C20H30N4O3. The molecule has 0 radical (unpaired) electrons. The summed E-state index contributed by atoms with van der Waals surface area (Å²) in [5.74, 6) is 1.79. The van der Waals surface area contributed by atoms with Gasteiger partial charge in [0, 0.05) is 51.3 Å². The monoisotopic (exact) mass is 374 g/mol. The Morgan fingerprint density at radius 2 is 1.78 bits per heavy atom. The summed E-state index contributed by atoms with van der Waals surface area (Å²) in [5, 5.41) is 0. The number of pyridine rings is 1. The van der Waals surface area contributed by atoms with Crippen molar-refractivity contribution >= 4 is 11.7 Å². The Morgan fingerprint density at radius 3 is 2.44 bits per heavy atom. The molecule has 3 saturated heterocycles. The SMILES string of the molecule is O=C(CCN1CCC(C2OCCO2)CC1)N1CCN(c2ccccn2)CC1. The third-order valence-electron chi connectivity index (χ3n) is 5.91. The number of hydrogen-bond donors (Lipinski definition) is 0. The Balaban J connectivity index is 1.15. The molecule has 0 aliphatic carbocycles. The highest BCUT2D eigenvalue weighted by molar-refractivity contribution is 5.76. The fraction of sp³-hybridized carbons (Fsp3) is 0.700. The van der Waals surface area contributed by atoms with Gasteiger partial charge in [-0.05, 0) is 38.1 Å². The van der Waals surface area contributed by atoms with Crippen molar-refractivity contribution in [1.29, 1.82) is 0 Å². The molecule has 4 rings (SSSR count). The molecule has 1 aromatic heterocycles. The third kappa shape index (κ3) is 4.78. The number of piperidine rings is 1. The van der Waals surface area contributed by atoms with Crippen LogP contribution in [-0.2, 0) is 14.3 Å². The number of amides is 1. The molecule has 0 bridgehead atoms. The summed E-state index contributed by atoms with van der Waals surface area (Å²) in [6, 6.07) is 5.97. The van der Waals surface area contributed by atoms with Crippen LogP contribution in [0.3, 0.4) is 0 Å². The Hall–Kier alpha value is -1.70. The van der Waals surface area contributed by atoms with Crippen molar-refractivity contribution in [3.05, 3.63) is 24.4 Å². The maximum absolute atomic E-state index is 12.6. The van der Waals surface area contributed by atoms with E-state index in [1.54, 1.807) is 0 Å². The zero-order valence-electron chi connectivity index (χ0n) is 16.0. The molecule has 7 nitrogen and oxygen atoms in total. The van der Waals surface area contributed by atoms with Crippen molar-refractivity contribution in [2.24, 2.45) is 5.92 Å². The number of ether oxygens (including phenoxy) is 2. The van der Waals surface area contributed by atoms with Gasteiger partial charge in [0.2, 0.25) is 5.91 Å². The van der Waals surface area contributed by atoms with Crippen LogP contribution in [0.2, 0.25) is 0 Å². The molecule has 0 spiro atoms. The van der Waals surface area contributed by atoms with E-state index in [-0.39, 0.29) is 12.2 Å². The zero-order valence-corrected chi connectivity index (χ0v) is 16.0. The minimum atomic E-state index is 0.00387. The predicted molar refractivity (Wildman–Crippen MR) is 103 cm³/mol. The van der Waals surface area contributed by atoms with Gasteiger partial charge >= 0.3 is 0 Å². The molecule has 3 fully saturated rings. The van der Waals surface area contributed by atoms with Gasteiger partial charge in [0.15, 0.2) is 6.29 Å². The Morgan fingerprint density at radius 1 is 1.04 bits per heavy atom. The van der Waals surface area contributed by atoms with E-state index in [2.05, 4.69) is 14.8 Å². The first kappa shape index (κ1) is 18.7. The zero-order chi connectivity index (χ0) is 18.5. The lowest BCUT2D eigenvalue weighted by atomic mass is 9.96. The second-order valence-electron chi connectivity index (χ2n) is 7.59. The minimum Gasteiger partial charge on any atom is -0.353 e. The molecule has 3 aliphatic rings. The van der Waals surface area contributed by atoms with Crippen molar-refractivity contribution in [2.75, 3.05) is 63.9 Å². The molecule has 0 aromatic carbocycles. The Labute approximate surface area is 161 Å². The second-order valence-corrected chi connectivity index (χ2v) is 7.59. The number of carbonyl (C=O) groups excluding carboxylic acids is 1. The summed E-state index contributed by atoms with van der Waals surface area (Å²) >= 11 is 0. The fourth-order valence-corrected chi connectivity index (χ4v) is 4.24. The molecule has 4 heterocycles. The number of aromatic nitrogens is 1. The van der Waals surface area contributed by atoms with Crippen LogP contribution in [0.4, 0.5) is 5.82 Å². The van der Waals surface area contributed by atoms with E-state index >= 15 is 0 Å². The van der Waals surface area contributed by atoms with Gasteiger partial charge in [0.25, 0.3) is 0 Å². The first-order chi connectivity index (χ1) is 13.3. The standard InChI is InChI=1S/C20H30N4O3/c25-19(24-13-11-23(12-14-24)18-3-1-2-7-21-18)6-10-22-8-4-17(5-9-22)20-26-15-16-27-20/h1-3,7,17,20H,4-6,8-16H2. The molecule has 1 amide bonds. The molecule has 3 aliphatic heterocycles. The van der Waals surface area contributed by atoms with E-state index in [4.69, 9.17) is 9.47 Å². The van der Waals surface area contributed by atoms with Crippen LogP contribution in [0.15, 0.2) is 24.4 Å². The highest BCUT2D eigenvalue weighted by Crippen LogP contribution is 2.25. The molecule has 0 unspecified atom stereocenters. The largest absolute Gasteiger partial charge is 0.353 e. The van der Waals surface area contributed by atoms with E-state index in [0.717, 1.165) is 77.7 Å². The second kappa shape index (κ2) is 8.99. The number of piperazine rings is 1. The van der Waals surface area contributed by atoms with E-state index in [0.29, 0.717) is 12.3 Å². The maximum Gasteiger partial charge on any atom is 0.223 e. The van der Waals surface area contributed by atoms with Gasteiger partial charge in [0.05, 0.1) is 13.2 Å². The number of rotatable bonds is 5. The molecular weight excluding hydrogens is 344 g/mol. The van der Waals surface area contributed by atoms with Gasteiger partial charge in [-0.2, -0.15) is 0 Å².